The first-order chi connectivity index (χ1) is 16.9. The van der Waals surface area contributed by atoms with Gasteiger partial charge in [-0.2, -0.15) is 0 Å². The van der Waals surface area contributed by atoms with E-state index in [9.17, 15) is 24.5 Å². The summed E-state index contributed by atoms with van der Waals surface area (Å²) >= 11 is 0.749. The molecule has 1 aliphatic heterocycles. The van der Waals surface area contributed by atoms with Crippen LogP contribution in [0.25, 0.3) is 6.08 Å². The van der Waals surface area contributed by atoms with Crippen LogP contribution in [0.2, 0.25) is 0 Å². The molecule has 10 heteroatoms. The molecule has 0 saturated carbocycles. The van der Waals surface area contributed by atoms with Crippen LogP contribution in [0.3, 0.4) is 0 Å². The molecule has 0 radical (unpaired) electrons. The van der Waals surface area contributed by atoms with E-state index in [0.29, 0.717) is 22.6 Å². The summed E-state index contributed by atoms with van der Waals surface area (Å²) in [5.74, 6) is -0.599. The molecular weight excluding hydrogens is 470 g/mol. The molecular formula is C25H19N3O6S. The molecule has 3 amide bonds. The maximum absolute atomic E-state index is 12.7. The molecule has 9 nitrogen and oxygen atoms in total. The van der Waals surface area contributed by atoms with E-state index >= 15 is 0 Å². The van der Waals surface area contributed by atoms with E-state index < -0.39 is 28.5 Å². The molecule has 3 aromatic rings. The molecule has 0 atom stereocenters. The van der Waals surface area contributed by atoms with Crippen LogP contribution in [0.1, 0.15) is 11.1 Å². The van der Waals surface area contributed by atoms with Crippen molar-refractivity contribution < 1.29 is 24.0 Å². The van der Waals surface area contributed by atoms with Gasteiger partial charge in [0.2, 0.25) is 5.91 Å². The van der Waals surface area contributed by atoms with Crippen LogP contribution in [0.15, 0.2) is 83.8 Å². The first-order valence-corrected chi connectivity index (χ1v) is 11.3. The Morgan fingerprint density at radius 1 is 1.03 bits per heavy atom. The van der Waals surface area contributed by atoms with Crippen molar-refractivity contribution in [1.82, 2.24) is 4.90 Å². The molecule has 3 aromatic carbocycles. The lowest BCUT2D eigenvalue weighted by molar-refractivity contribution is -0.385. The van der Waals surface area contributed by atoms with Gasteiger partial charge in [0, 0.05) is 11.8 Å². The molecule has 176 valence electrons. The fourth-order valence-electron chi connectivity index (χ4n) is 3.32. The van der Waals surface area contributed by atoms with Crippen LogP contribution >= 0.6 is 11.8 Å². The van der Waals surface area contributed by atoms with Gasteiger partial charge in [0.05, 0.1) is 15.4 Å². The first-order valence-electron chi connectivity index (χ1n) is 10.5. The number of amides is 3. The highest BCUT2D eigenvalue weighted by molar-refractivity contribution is 8.18. The summed E-state index contributed by atoms with van der Waals surface area (Å²) in [6, 6.07) is 21.8. The number of hydrogen-bond acceptors (Lipinski definition) is 7. The minimum Gasteiger partial charge on any atom is -0.489 e. The van der Waals surface area contributed by atoms with Crippen molar-refractivity contribution in [2.45, 2.75) is 6.61 Å². The summed E-state index contributed by atoms with van der Waals surface area (Å²) in [4.78, 5) is 49.2. The van der Waals surface area contributed by atoms with Gasteiger partial charge in [0.25, 0.3) is 16.8 Å². The Morgan fingerprint density at radius 3 is 2.54 bits per heavy atom. The molecule has 1 saturated heterocycles. The number of benzene rings is 3. The van der Waals surface area contributed by atoms with Gasteiger partial charge in [0.1, 0.15) is 18.9 Å². The Bertz CT molecular complexity index is 1330. The Kier molecular flexibility index (Phi) is 7.22. The van der Waals surface area contributed by atoms with E-state index in [1.807, 2.05) is 6.07 Å². The Labute approximate surface area is 204 Å². The van der Waals surface area contributed by atoms with E-state index in [1.165, 1.54) is 12.1 Å². The maximum atomic E-state index is 12.7. The fraction of sp³-hybridized carbons (Fsp3) is 0.0800. The van der Waals surface area contributed by atoms with Crippen molar-refractivity contribution in [1.29, 1.82) is 0 Å². The molecule has 35 heavy (non-hydrogen) atoms. The van der Waals surface area contributed by atoms with Crippen LogP contribution in [0.4, 0.5) is 16.2 Å². The van der Waals surface area contributed by atoms with Crippen molar-refractivity contribution in [2.24, 2.45) is 0 Å². The van der Waals surface area contributed by atoms with Gasteiger partial charge < -0.3 is 10.1 Å². The molecule has 4 rings (SSSR count). The molecule has 0 bridgehead atoms. The summed E-state index contributed by atoms with van der Waals surface area (Å²) in [5, 5.41) is 13.3. The van der Waals surface area contributed by atoms with Crippen LogP contribution in [0.5, 0.6) is 5.75 Å². The van der Waals surface area contributed by atoms with Gasteiger partial charge in [-0.25, -0.2) is 0 Å². The number of rotatable bonds is 8. The topological polar surface area (TPSA) is 119 Å². The average molecular weight is 490 g/mol. The quantitative estimate of drug-likeness (QED) is 0.273. The predicted octanol–water partition coefficient (Wildman–Crippen LogP) is 4.85. The molecule has 1 heterocycles. The summed E-state index contributed by atoms with van der Waals surface area (Å²) in [5.41, 5.74) is 1.56. The number of carbonyl (C=O) groups is 3. The molecule has 1 N–H and O–H groups in total. The second-order valence-electron chi connectivity index (χ2n) is 7.43. The highest BCUT2D eigenvalue weighted by Crippen LogP contribution is 2.32. The van der Waals surface area contributed by atoms with E-state index in [2.05, 4.69) is 5.32 Å². The van der Waals surface area contributed by atoms with E-state index in [-0.39, 0.29) is 17.2 Å². The van der Waals surface area contributed by atoms with Gasteiger partial charge in [-0.05, 0) is 53.7 Å². The van der Waals surface area contributed by atoms with E-state index in [4.69, 9.17) is 4.74 Å². The zero-order valence-corrected chi connectivity index (χ0v) is 19.1. The van der Waals surface area contributed by atoms with E-state index in [1.54, 1.807) is 66.7 Å². The third-order valence-corrected chi connectivity index (χ3v) is 5.88. The number of para-hydroxylation sites is 2. The highest BCUT2D eigenvalue weighted by atomic mass is 32.2. The Balaban J connectivity index is 1.42. The molecule has 0 aromatic heterocycles. The van der Waals surface area contributed by atoms with Crippen molar-refractivity contribution in [3.8, 4) is 5.75 Å². The summed E-state index contributed by atoms with van der Waals surface area (Å²) in [6.45, 7) is -0.399. The second kappa shape index (κ2) is 10.7. The number of nitrogens with zero attached hydrogens (tertiary/aromatic N) is 2. The highest BCUT2D eigenvalue weighted by Gasteiger charge is 2.36. The van der Waals surface area contributed by atoms with Crippen molar-refractivity contribution in [3.63, 3.8) is 0 Å². The summed E-state index contributed by atoms with van der Waals surface area (Å²) in [7, 11) is 0. The van der Waals surface area contributed by atoms with Crippen LogP contribution in [-0.2, 0) is 16.2 Å². The van der Waals surface area contributed by atoms with Crippen molar-refractivity contribution in [2.75, 3.05) is 11.9 Å². The van der Waals surface area contributed by atoms with Gasteiger partial charge in [-0.3, -0.25) is 29.4 Å². The Morgan fingerprint density at radius 2 is 1.77 bits per heavy atom. The molecule has 0 aliphatic carbocycles. The largest absolute Gasteiger partial charge is 0.489 e. The van der Waals surface area contributed by atoms with Gasteiger partial charge in [-0.15, -0.1) is 0 Å². The summed E-state index contributed by atoms with van der Waals surface area (Å²) in [6.07, 6.45) is 1.54. The van der Waals surface area contributed by atoms with Gasteiger partial charge >= 0.3 is 0 Å². The van der Waals surface area contributed by atoms with Gasteiger partial charge in [-0.1, -0.05) is 42.5 Å². The third kappa shape index (κ3) is 5.92. The number of imide groups is 1. The maximum Gasteiger partial charge on any atom is 0.294 e. The number of anilines is 1. The summed E-state index contributed by atoms with van der Waals surface area (Å²) < 4.78 is 5.71. The number of nitro benzene ring substituents is 1. The Hall–Kier alpha value is -4.44. The first kappa shape index (κ1) is 23.7. The number of carbonyl (C=O) groups excluding carboxylic acids is 3. The lowest BCUT2D eigenvalue weighted by Crippen LogP contribution is -2.36. The fourth-order valence-corrected chi connectivity index (χ4v) is 4.16. The normalized spacial score (nSPS) is 14.3. The van der Waals surface area contributed by atoms with Crippen molar-refractivity contribution in [3.05, 3.63) is 105 Å². The van der Waals surface area contributed by atoms with Crippen LogP contribution in [0, 0.1) is 10.1 Å². The molecule has 1 fully saturated rings. The third-order valence-electron chi connectivity index (χ3n) is 4.97. The lowest BCUT2D eigenvalue weighted by atomic mass is 10.2. The zero-order valence-electron chi connectivity index (χ0n) is 18.2. The number of nitrogens with one attached hydrogen (secondary N) is 1. The number of nitro groups is 1. The zero-order chi connectivity index (χ0) is 24.8. The molecule has 0 unspecified atom stereocenters. The number of ether oxygens (including phenoxy) is 1. The van der Waals surface area contributed by atoms with Crippen LogP contribution < -0.4 is 10.1 Å². The predicted molar refractivity (Wildman–Crippen MR) is 132 cm³/mol. The SMILES string of the molecule is O=C(CN1C(=O)S/C(=C\c2cccc(OCc3ccccc3[N+](=O)[O-])c2)C1=O)Nc1ccccc1. The van der Waals surface area contributed by atoms with E-state index in [0.717, 1.165) is 16.7 Å². The second-order valence-corrected chi connectivity index (χ2v) is 8.42. The van der Waals surface area contributed by atoms with Crippen LogP contribution in [-0.4, -0.2) is 33.4 Å². The van der Waals surface area contributed by atoms with Gasteiger partial charge in [0.15, 0.2) is 0 Å². The standard InChI is InChI=1S/C25H19N3O6S/c29-23(26-19-9-2-1-3-10-19)15-27-24(30)22(35-25(27)31)14-17-7-6-11-20(13-17)34-16-18-8-4-5-12-21(18)28(32)33/h1-14H,15-16H2,(H,26,29)/b22-14-. The number of thioether (sulfide) groups is 1. The molecule has 1 aliphatic rings. The average Bonchev–Trinajstić information content (AvgIpc) is 3.11. The number of hydrogen-bond donors (Lipinski definition) is 1. The molecule has 0 spiro atoms. The smallest absolute Gasteiger partial charge is 0.294 e. The minimum atomic E-state index is -0.561. The monoisotopic (exact) mass is 489 g/mol. The minimum absolute atomic E-state index is 0.00630. The van der Waals surface area contributed by atoms with Crippen molar-refractivity contribution >= 4 is 46.3 Å². The lowest BCUT2D eigenvalue weighted by Gasteiger charge is -2.12.